The predicted molar refractivity (Wildman–Crippen MR) is 94.0 cm³/mol. The van der Waals surface area contributed by atoms with Crippen LogP contribution in [-0.2, 0) is 6.18 Å². The number of nitro groups is 1. The summed E-state index contributed by atoms with van der Waals surface area (Å²) in [6.45, 7) is 1.53. The topological polar surface area (TPSA) is 91.6 Å². The third-order valence-electron chi connectivity index (χ3n) is 3.84. The smallest absolute Gasteiger partial charge is 0.433 e. The first-order valence-electron chi connectivity index (χ1n) is 7.63. The molecule has 0 aliphatic carbocycles. The second-order valence-electron chi connectivity index (χ2n) is 5.58. The summed E-state index contributed by atoms with van der Waals surface area (Å²) in [7, 11) is 1.33. The third kappa shape index (κ3) is 3.60. The summed E-state index contributed by atoms with van der Waals surface area (Å²) in [5.41, 5.74) is -1.18. The maximum absolute atomic E-state index is 12.8. The molecule has 7 nitrogen and oxygen atoms in total. The number of alkyl halides is 3. The van der Waals surface area contributed by atoms with Gasteiger partial charge in [-0.1, -0.05) is 0 Å². The molecule has 0 bridgehead atoms. The number of halogens is 3. The second kappa shape index (κ2) is 7.08. The number of nitrogens with zero attached hydrogens (tertiary/aromatic N) is 2. The lowest BCUT2D eigenvalue weighted by Crippen LogP contribution is -2.09. The first kappa shape index (κ1) is 19.5. The quantitative estimate of drug-likeness (QED) is 0.266. The molecule has 0 fully saturated rings. The minimum atomic E-state index is -4.61. The van der Waals surface area contributed by atoms with E-state index in [1.54, 1.807) is 0 Å². The number of fused-ring (bicyclic) bond motifs is 1. The van der Waals surface area contributed by atoms with Gasteiger partial charge in [-0.15, -0.1) is 11.3 Å². The van der Waals surface area contributed by atoms with E-state index < -0.39 is 28.5 Å². The van der Waals surface area contributed by atoms with Gasteiger partial charge >= 0.3 is 17.8 Å². The summed E-state index contributed by atoms with van der Waals surface area (Å²) in [6.07, 6.45) is -4.61. The number of carbonyl (C=O) groups excluding carboxylic acids is 1. The van der Waals surface area contributed by atoms with E-state index in [4.69, 9.17) is 9.47 Å². The standard InChI is InChI=1S/C17H11F3N2O5S/c1-8-10-4-6-13(17(18,19)20)21-15(10)28-14(8)16(23)27-12-5-3-9(26-2)7-11(12)22(24)25/h3-7H,1-2H3. The minimum absolute atomic E-state index is 0.00643. The highest BCUT2D eigenvalue weighted by Crippen LogP contribution is 2.36. The van der Waals surface area contributed by atoms with E-state index in [0.29, 0.717) is 10.9 Å². The van der Waals surface area contributed by atoms with E-state index >= 15 is 0 Å². The molecular formula is C17H11F3N2O5S. The largest absolute Gasteiger partial charge is 0.496 e. The number of hydrogen-bond acceptors (Lipinski definition) is 7. The second-order valence-corrected chi connectivity index (χ2v) is 6.58. The predicted octanol–water partition coefficient (Wildman–Crippen LogP) is 4.76. The summed E-state index contributed by atoms with van der Waals surface area (Å²) >= 11 is 0.723. The Kier molecular flexibility index (Phi) is 4.94. The average Bonchev–Trinajstić information content (AvgIpc) is 2.97. The lowest BCUT2D eigenvalue weighted by atomic mass is 10.2. The van der Waals surface area contributed by atoms with Gasteiger partial charge in [0.15, 0.2) is 0 Å². The Balaban J connectivity index is 1.98. The van der Waals surface area contributed by atoms with Gasteiger partial charge in [0.25, 0.3) is 0 Å². The summed E-state index contributed by atoms with van der Waals surface area (Å²) in [6, 6.07) is 5.73. The Hall–Kier alpha value is -3.21. The molecule has 0 radical (unpaired) electrons. The Bertz CT molecular complexity index is 1090. The zero-order chi connectivity index (χ0) is 20.6. The van der Waals surface area contributed by atoms with Crippen molar-refractivity contribution >= 4 is 33.2 Å². The molecule has 3 aromatic rings. The van der Waals surface area contributed by atoms with E-state index in [-0.39, 0.29) is 21.2 Å². The molecule has 3 rings (SSSR count). The van der Waals surface area contributed by atoms with Gasteiger partial charge in [0, 0.05) is 5.39 Å². The van der Waals surface area contributed by atoms with Crippen LogP contribution in [0.4, 0.5) is 18.9 Å². The lowest BCUT2D eigenvalue weighted by molar-refractivity contribution is -0.385. The van der Waals surface area contributed by atoms with E-state index in [1.165, 1.54) is 32.2 Å². The van der Waals surface area contributed by atoms with Gasteiger partial charge in [-0.25, -0.2) is 9.78 Å². The molecule has 0 saturated heterocycles. The van der Waals surface area contributed by atoms with Crippen LogP contribution < -0.4 is 9.47 Å². The summed E-state index contributed by atoms with van der Waals surface area (Å²) in [5, 5.41) is 11.6. The highest BCUT2D eigenvalue weighted by atomic mass is 32.1. The van der Waals surface area contributed by atoms with Crippen molar-refractivity contribution in [2.75, 3.05) is 7.11 Å². The first-order chi connectivity index (χ1) is 13.1. The number of ether oxygens (including phenoxy) is 2. The zero-order valence-electron chi connectivity index (χ0n) is 14.4. The molecule has 1 aromatic carbocycles. The van der Waals surface area contributed by atoms with Crippen molar-refractivity contribution in [2.45, 2.75) is 13.1 Å². The molecule has 0 saturated carbocycles. The maximum Gasteiger partial charge on any atom is 0.433 e. The highest BCUT2D eigenvalue weighted by molar-refractivity contribution is 7.20. The van der Waals surface area contributed by atoms with Crippen LogP contribution in [0, 0.1) is 17.0 Å². The summed E-state index contributed by atoms with van der Waals surface area (Å²) in [4.78, 5) is 26.5. The third-order valence-corrected chi connectivity index (χ3v) is 5.03. The molecule has 146 valence electrons. The SMILES string of the molecule is COc1ccc(OC(=O)c2sc3nc(C(F)(F)F)ccc3c2C)c([N+](=O)[O-])c1. The van der Waals surface area contributed by atoms with Gasteiger partial charge in [0.05, 0.1) is 18.1 Å². The molecule has 0 atom stereocenters. The van der Waals surface area contributed by atoms with Crippen molar-refractivity contribution in [1.29, 1.82) is 0 Å². The van der Waals surface area contributed by atoms with Gasteiger partial charge < -0.3 is 9.47 Å². The van der Waals surface area contributed by atoms with Crippen molar-refractivity contribution in [3.63, 3.8) is 0 Å². The number of esters is 1. The number of thiophene rings is 1. The van der Waals surface area contributed by atoms with Gasteiger partial charge in [-0.05, 0) is 36.8 Å². The minimum Gasteiger partial charge on any atom is -0.496 e. The molecule has 2 heterocycles. The Labute approximate surface area is 159 Å². The van der Waals surface area contributed by atoms with E-state index in [2.05, 4.69) is 4.98 Å². The van der Waals surface area contributed by atoms with Crippen LogP contribution in [0.3, 0.4) is 0 Å². The molecule has 0 N–H and O–H groups in total. The molecule has 0 unspecified atom stereocenters. The molecule has 28 heavy (non-hydrogen) atoms. The van der Waals surface area contributed by atoms with Crippen molar-refractivity contribution in [3.8, 4) is 11.5 Å². The Morgan fingerprint density at radius 3 is 2.57 bits per heavy atom. The summed E-state index contributed by atoms with van der Waals surface area (Å²) in [5.74, 6) is -1.03. The fourth-order valence-electron chi connectivity index (χ4n) is 2.45. The molecule has 0 aliphatic rings. The number of benzene rings is 1. The van der Waals surface area contributed by atoms with Gasteiger partial charge in [0.1, 0.15) is 21.2 Å². The Morgan fingerprint density at radius 1 is 1.25 bits per heavy atom. The average molecular weight is 412 g/mol. The fourth-order valence-corrected chi connectivity index (χ4v) is 3.51. The van der Waals surface area contributed by atoms with Crippen LogP contribution in [0.2, 0.25) is 0 Å². The van der Waals surface area contributed by atoms with Crippen molar-refractivity contribution < 1.29 is 32.4 Å². The van der Waals surface area contributed by atoms with Crippen molar-refractivity contribution in [1.82, 2.24) is 4.98 Å². The number of aryl methyl sites for hydroxylation is 1. The van der Waals surface area contributed by atoms with Crippen LogP contribution in [0.5, 0.6) is 11.5 Å². The van der Waals surface area contributed by atoms with Crippen LogP contribution in [0.1, 0.15) is 20.9 Å². The first-order valence-corrected chi connectivity index (χ1v) is 8.45. The molecular weight excluding hydrogens is 401 g/mol. The van der Waals surface area contributed by atoms with Crippen molar-refractivity contribution in [3.05, 3.63) is 56.6 Å². The van der Waals surface area contributed by atoms with E-state index in [0.717, 1.165) is 23.5 Å². The number of nitro benzene ring substituents is 1. The van der Waals surface area contributed by atoms with Crippen LogP contribution >= 0.6 is 11.3 Å². The van der Waals surface area contributed by atoms with E-state index in [9.17, 15) is 28.1 Å². The number of methoxy groups -OCH3 is 1. The molecule has 11 heteroatoms. The maximum atomic E-state index is 12.8. The molecule has 0 spiro atoms. The number of pyridine rings is 1. The molecule has 0 amide bonds. The fraction of sp³-hybridized carbons (Fsp3) is 0.176. The number of carbonyl (C=O) groups is 1. The van der Waals surface area contributed by atoms with Gasteiger partial charge in [0.2, 0.25) is 5.75 Å². The Morgan fingerprint density at radius 2 is 1.96 bits per heavy atom. The number of hydrogen-bond donors (Lipinski definition) is 0. The van der Waals surface area contributed by atoms with Crippen LogP contribution in [-0.4, -0.2) is 23.0 Å². The normalized spacial score (nSPS) is 11.5. The van der Waals surface area contributed by atoms with Crippen molar-refractivity contribution in [2.24, 2.45) is 0 Å². The van der Waals surface area contributed by atoms with Crippen LogP contribution in [0.25, 0.3) is 10.2 Å². The highest BCUT2D eigenvalue weighted by Gasteiger charge is 2.33. The monoisotopic (exact) mass is 412 g/mol. The van der Waals surface area contributed by atoms with Crippen LogP contribution in [0.15, 0.2) is 30.3 Å². The lowest BCUT2D eigenvalue weighted by Gasteiger charge is -2.06. The molecule has 0 aliphatic heterocycles. The van der Waals surface area contributed by atoms with Gasteiger partial charge in [-0.2, -0.15) is 13.2 Å². The number of aromatic nitrogens is 1. The molecule has 2 aromatic heterocycles. The number of rotatable bonds is 4. The summed E-state index contributed by atoms with van der Waals surface area (Å²) < 4.78 is 48.5. The zero-order valence-corrected chi connectivity index (χ0v) is 15.2. The van der Waals surface area contributed by atoms with Gasteiger partial charge in [-0.3, -0.25) is 10.1 Å². The van der Waals surface area contributed by atoms with E-state index in [1.807, 2.05) is 0 Å².